The van der Waals surface area contributed by atoms with E-state index in [2.05, 4.69) is 20.5 Å². The van der Waals surface area contributed by atoms with Crippen molar-refractivity contribution in [2.45, 2.75) is 51.1 Å². The van der Waals surface area contributed by atoms with Crippen molar-refractivity contribution in [3.8, 4) is 22.1 Å². The van der Waals surface area contributed by atoms with Crippen molar-refractivity contribution >= 4 is 22.4 Å². The molecule has 0 saturated heterocycles. The standard InChI is InChI=1S/C25H26F2N4O3S/c1-15-12-16(20-18(26)4-3-5-19(20)33-2)17(13-28-15)21(32)29-22-30-31-23(35-22)34-14-24-6-9-25(27,10-7-24)11-8-24/h3-5,12-13H,6-11,14H2,1-2H3,(H,29,30,32). The fraction of sp³-hybridized carbons (Fsp3) is 0.440. The van der Waals surface area contributed by atoms with Crippen LogP contribution in [0.2, 0.25) is 0 Å². The maximum Gasteiger partial charge on any atom is 0.295 e. The monoisotopic (exact) mass is 500 g/mol. The summed E-state index contributed by atoms with van der Waals surface area (Å²) in [5, 5.41) is 11.4. The Hall–Kier alpha value is -3.14. The third-order valence-corrected chi connectivity index (χ3v) is 7.94. The van der Waals surface area contributed by atoms with Gasteiger partial charge in [0.05, 0.1) is 24.8 Å². The number of anilines is 1. The molecule has 0 radical (unpaired) electrons. The molecule has 2 aromatic heterocycles. The van der Waals surface area contributed by atoms with Crippen molar-refractivity contribution < 1.29 is 23.0 Å². The summed E-state index contributed by atoms with van der Waals surface area (Å²) in [6.07, 6.45) is 5.62. The number of hydrogen-bond donors (Lipinski definition) is 1. The molecule has 1 N–H and O–H groups in total. The molecule has 6 rings (SSSR count). The quantitative estimate of drug-likeness (QED) is 0.445. The molecule has 2 bridgehead atoms. The van der Waals surface area contributed by atoms with Gasteiger partial charge in [-0.25, -0.2) is 8.78 Å². The van der Waals surface area contributed by atoms with E-state index in [1.165, 1.54) is 19.4 Å². The summed E-state index contributed by atoms with van der Waals surface area (Å²) in [6, 6.07) is 6.14. The van der Waals surface area contributed by atoms with Crippen molar-refractivity contribution in [1.82, 2.24) is 15.2 Å². The lowest BCUT2D eigenvalue weighted by molar-refractivity contribution is -0.0547. The largest absolute Gasteiger partial charge is 0.496 e. The first kappa shape index (κ1) is 23.6. The van der Waals surface area contributed by atoms with Crippen LogP contribution in [-0.4, -0.2) is 40.5 Å². The Morgan fingerprint density at radius 1 is 1.17 bits per heavy atom. The zero-order chi connectivity index (χ0) is 24.6. The minimum atomic E-state index is -0.988. The van der Waals surface area contributed by atoms with Crippen molar-refractivity contribution in [3.05, 3.63) is 47.5 Å². The molecule has 0 atom stereocenters. The molecule has 2 heterocycles. The molecular weight excluding hydrogens is 474 g/mol. The molecule has 3 aliphatic rings. The Labute approximate surface area is 205 Å². The molecule has 35 heavy (non-hydrogen) atoms. The molecule has 0 spiro atoms. The number of rotatable bonds is 7. The van der Waals surface area contributed by atoms with E-state index in [4.69, 9.17) is 9.47 Å². The van der Waals surface area contributed by atoms with Gasteiger partial charge in [-0.05, 0) is 75.0 Å². The molecule has 1 amide bonds. The Bertz CT molecular complexity index is 1240. The van der Waals surface area contributed by atoms with Gasteiger partial charge in [0.15, 0.2) is 0 Å². The van der Waals surface area contributed by atoms with Gasteiger partial charge in [-0.2, -0.15) is 0 Å². The van der Waals surface area contributed by atoms with Crippen LogP contribution >= 0.6 is 11.3 Å². The second kappa shape index (κ2) is 9.14. The predicted molar refractivity (Wildman–Crippen MR) is 128 cm³/mol. The van der Waals surface area contributed by atoms with Crippen LogP contribution in [0.1, 0.15) is 54.6 Å². The van der Waals surface area contributed by atoms with E-state index in [9.17, 15) is 13.6 Å². The molecule has 7 nitrogen and oxygen atoms in total. The normalized spacial score (nSPS) is 23.2. The number of aryl methyl sites for hydroxylation is 1. The first-order valence-electron chi connectivity index (χ1n) is 11.6. The molecule has 0 aliphatic heterocycles. The van der Waals surface area contributed by atoms with E-state index < -0.39 is 17.4 Å². The van der Waals surface area contributed by atoms with E-state index in [0.717, 1.165) is 30.6 Å². The van der Waals surface area contributed by atoms with Crippen LogP contribution in [0.25, 0.3) is 11.1 Å². The van der Waals surface area contributed by atoms with Gasteiger partial charge in [-0.3, -0.25) is 15.1 Å². The molecule has 10 heteroatoms. The van der Waals surface area contributed by atoms with Crippen molar-refractivity contribution in [2.75, 3.05) is 19.0 Å². The fourth-order valence-electron chi connectivity index (χ4n) is 5.02. The van der Waals surface area contributed by atoms with Crippen molar-refractivity contribution in [3.63, 3.8) is 0 Å². The minimum absolute atomic E-state index is 0.00972. The average molecular weight is 501 g/mol. The molecule has 1 aromatic carbocycles. The number of benzene rings is 1. The first-order chi connectivity index (χ1) is 16.8. The minimum Gasteiger partial charge on any atom is -0.496 e. The summed E-state index contributed by atoms with van der Waals surface area (Å²) in [5.74, 6) is -0.700. The molecule has 3 fully saturated rings. The van der Waals surface area contributed by atoms with Gasteiger partial charge in [0, 0.05) is 22.9 Å². The summed E-state index contributed by atoms with van der Waals surface area (Å²) in [6.45, 7) is 2.23. The van der Waals surface area contributed by atoms with Gasteiger partial charge >= 0.3 is 0 Å². The van der Waals surface area contributed by atoms with Gasteiger partial charge in [-0.1, -0.05) is 11.2 Å². The lowest BCUT2D eigenvalue weighted by Crippen LogP contribution is -2.46. The number of methoxy groups -OCH3 is 1. The maximum absolute atomic E-state index is 14.8. The zero-order valence-electron chi connectivity index (χ0n) is 19.6. The van der Waals surface area contributed by atoms with Crippen LogP contribution in [0, 0.1) is 18.2 Å². The summed E-state index contributed by atoms with van der Waals surface area (Å²) in [5.41, 5.74) is 0.354. The average Bonchev–Trinajstić information content (AvgIpc) is 3.30. The summed E-state index contributed by atoms with van der Waals surface area (Å²) < 4.78 is 40.4. The van der Waals surface area contributed by atoms with Crippen LogP contribution in [0.15, 0.2) is 30.5 Å². The highest BCUT2D eigenvalue weighted by molar-refractivity contribution is 7.17. The van der Waals surface area contributed by atoms with Crippen LogP contribution < -0.4 is 14.8 Å². The highest BCUT2D eigenvalue weighted by Crippen LogP contribution is 2.54. The van der Waals surface area contributed by atoms with E-state index in [-0.39, 0.29) is 21.7 Å². The molecular formula is C25H26F2N4O3S. The SMILES string of the molecule is COc1cccc(F)c1-c1cc(C)ncc1C(=O)Nc1nnc(OCC23CCC(F)(CC2)CC3)s1. The van der Waals surface area contributed by atoms with Gasteiger partial charge < -0.3 is 9.47 Å². The number of pyridine rings is 1. The molecule has 0 unspecified atom stereocenters. The summed E-state index contributed by atoms with van der Waals surface area (Å²) in [4.78, 5) is 17.3. The third kappa shape index (κ3) is 4.71. The molecule has 3 aromatic rings. The number of aromatic nitrogens is 3. The fourth-order valence-corrected chi connectivity index (χ4v) is 5.61. The lowest BCUT2D eigenvalue weighted by Gasteiger charge is -2.49. The number of fused-ring (bicyclic) bond motifs is 3. The Morgan fingerprint density at radius 2 is 1.91 bits per heavy atom. The van der Waals surface area contributed by atoms with E-state index >= 15 is 0 Å². The van der Waals surface area contributed by atoms with Crippen molar-refractivity contribution in [1.29, 1.82) is 0 Å². The Morgan fingerprint density at radius 3 is 2.63 bits per heavy atom. The van der Waals surface area contributed by atoms with Gasteiger partial charge in [0.25, 0.3) is 11.1 Å². The van der Waals surface area contributed by atoms with Gasteiger partial charge in [0.2, 0.25) is 5.13 Å². The predicted octanol–water partition coefficient (Wildman–Crippen LogP) is 5.75. The number of alkyl halides is 1. The van der Waals surface area contributed by atoms with Crippen LogP contribution in [0.5, 0.6) is 10.9 Å². The highest BCUT2D eigenvalue weighted by atomic mass is 32.1. The summed E-state index contributed by atoms with van der Waals surface area (Å²) in [7, 11) is 1.45. The van der Waals surface area contributed by atoms with Crippen LogP contribution in [0.3, 0.4) is 0 Å². The van der Waals surface area contributed by atoms with E-state index in [0.29, 0.717) is 48.1 Å². The number of nitrogens with zero attached hydrogens (tertiary/aromatic N) is 3. The van der Waals surface area contributed by atoms with Crippen molar-refractivity contribution in [2.24, 2.45) is 5.41 Å². The number of carbonyl (C=O) groups is 1. The van der Waals surface area contributed by atoms with Crippen LogP contribution in [-0.2, 0) is 0 Å². The van der Waals surface area contributed by atoms with E-state index in [1.807, 2.05) is 0 Å². The van der Waals surface area contributed by atoms with Gasteiger partial charge in [0.1, 0.15) is 17.2 Å². The molecule has 184 valence electrons. The number of amides is 1. The molecule has 3 saturated carbocycles. The van der Waals surface area contributed by atoms with Crippen LogP contribution in [0.4, 0.5) is 13.9 Å². The third-order valence-electron chi connectivity index (χ3n) is 7.19. The summed E-state index contributed by atoms with van der Waals surface area (Å²) >= 11 is 1.11. The first-order valence-corrected chi connectivity index (χ1v) is 12.4. The Kier molecular flexibility index (Phi) is 6.16. The number of nitrogens with one attached hydrogen (secondary N) is 1. The van der Waals surface area contributed by atoms with Gasteiger partial charge in [-0.15, -0.1) is 5.10 Å². The zero-order valence-corrected chi connectivity index (χ0v) is 20.4. The Balaban J connectivity index is 1.31. The maximum atomic E-state index is 14.8. The smallest absolute Gasteiger partial charge is 0.295 e. The number of halogens is 2. The topological polar surface area (TPSA) is 86.2 Å². The number of carbonyl (C=O) groups excluding carboxylic acids is 1. The number of ether oxygens (including phenoxy) is 2. The highest BCUT2D eigenvalue weighted by Gasteiger charge is 2.49. The second-order valence-electron chi connectivity index (χ2n) is 9.46. The second-order valence-corrected chi connectivity index (χ2v) is 10.4. The van der Waals surface area contributed by atoms with E-state index in [1.54, 1.807) is 25.1 Å². The molecule has 3 aliphatic carbocycles. The lowest BCUT2D eigenvalue weighted by atomic mass is 9.60. The number of hydrogen-bond acceptors (Lipinski definition) is 7.